The monoisotopic (exact) mass is 292 g/mol. The Morgan fingerprint density at radius 1 is 1.16 bits per heavy atom. The number of nitrogens with zero attached hydrogens (tertiary/aromatic N) is 1. The summed E-state index contributed by atoms with van der Waals surface area (Å²) in [5.41, 5.74) is 1.43. The summed E-state index contributed by atoms with van der Waals surface area (Å²) in [6, 6.07) is 7.26. The lowest BCUT2D eigenvalue weighted by Crippen LogP contribution is -2.45. The molecule has 0 amide bonds. The van der Waals surface area contributed by atoms with Crippen LogP contribution in [0.2, 0.25) is 0 Å². The molecule has 1 aliphatic heterocycles. The fourth-order valence-corrected chi connectivity index (χ4v) is 4.86. The molecule has 1 atom stereocenters. The SMILES string of the molecule is Cc1ccc(C(c2sccc2C)N2CCNCC2)s1. The van der Waals surface area contributed by atoms with Crippen molar-refractivity contribution >= 4 is 22.7 Å². The van der Waals surface area contributed by atoms with Gasteiger partial charge in [0.25, 0.3) is 0 Å². The highest BCUT2D eigenvalue weighted by Gasteiger charge is 2.26. The number of hydrogen-bond acceptors (Lipinski definition) is 4. The summed E-state index contributed by atoms with van der Waals surface area (Å²) in [6.07, 6.45) is 0. The molecule has 1 saturated heterocycles. The van der Waals surface area contributed by atoms with Gasteiger partial charge >= 0.3 is 0 Å². The highest BCUT2D eigenvalue weighted by atomic mass is 32.1. The first kappa shape index (κ1) is 13.3. The molecule has 1 N–H and O–H groups in total. The zero-order valence-electron chi connectivity index (χ0n) is 11.5. The Labute approximate surface area is 123 Å². The van der Waals surface area contributed by atoms with E-state index in [0.29, 0.717) is 6.04 Å². The first-order chi connectivity index (χ1) is 9.25. The Morgan fingerprint density at radius 3 is 2.53 bits per heavy atom. The third kappa shape index (κ3) is 2.77. The van der Waals surface area contributed by atoms with Crippen molar-refractivity contribution in [3.05, 3.63) is 43.8 Å². The lowest BCUT2D eigenvalue weighted by molar-refractivity contribution is 0.202. The van der Waals surface area contributed by atoms with E-state index in [9.17, 15) is 0 Å². The summed E-state index contributed by atoms with van der Waals surface area (Å²) in [4.78, 5) is 7.04. The molecule has 0 aromatic carbocycles. The standard InChI is InChI=1S/C15H20N2S2/c1-11-5-10-18-15(11)14(13-4-3-12(2)19-13)17-8-6-16-7-9-17/h3-5,10,14,16H,6-9H2,1-2H3. The first-order valence-electron chi connectivity index (χ1n) is 6.81. The third-order valence-corrected chi connectivity index (χ3v) is 5.82. The van der Waals surface area contributed by atoms with Gasteiger partial charge in [-0.05, 0) is 43.0 Å². The van der Waals surface area contributed by atoms with E-state index in [2.05, 4.69) is 47.6 Å². The van der Waals surface area contributed by atoms with E-state index in [1.165, 1.54) is 20.2 Å². The van der Waals surface area contributed by atoms with Crippen molar-refractivity contribution in [3.63, 3.8) is 0 Å². The molecule has 4 heteroatoms. The number of rotatable bonds is 3. The van der Waals surface area contributed by atoms with E-state index < -0.39 is 0 Å². The molecule has 1 fully saturated rings. The molecule has 1 aliphatic rings. The molecule has 1 unspecified atom stereocenters. The minimum atomic E-state index is 0.459. The molecular formula is C15H20N2S2. The van der Waals surface area contributed by atoms with Crippen LogP contribution in [-0.4, -0.2) is 31.1 Å². The largest absolute Gasteiger partial charge is 0.314 e. The second kappa shape index (κ2) is 5.75. The Morgan fingerprint density at radius 2 is 1.95 bits per heavy atom. The van der Waals surface area contributed by atoms with Crippen molar-refractivity contribution in [2.75, 3.05) is 26.2 Å². The van der Waals surface area contributed by atoms with E-state index in [1.807, 2.05) is 22.7 Å². The maximum atomic E-state index is 3.45. The predicted octanol–water partition coefficient (Wildman–Crippen LogP) is 3.42. The topological polar surface area (TPSA) is 15.3 Å². The van der Waals surface area contributed by atoms with Gasteiger partial charge in [0.05, 0.1) is 6.04 Å². The van der Waals surface area contributed by atoms with Crippen molar-refractivity contribution < 1.29 is 0 Å². The highest BCUT2D eigenvalue weighted by Crippen LogP contribution is 2.37. The van der Waals surface area contributed by atoms with Crippen LogP contribution < -0.4 is 5.32 Å². The van der Waals surface area contributed by atoms with Crippen LogP contribution in [0.3, 0.4) is 0 Å². The lowest BCUT2D eigenvalue weighted by Gasteiger charge is -2.34. The molecule has 3 rings (SSSR count). The second-order valence-corrected chi connectivity index (χ2v) is 7.37. The van der Waals surface area contributed by atoms with E-state index in [-0.39, 0.29) is 0 Å². The molecule has 0 spiro atoms. The van der Waals surface area contributed by atoms with Crippen LogP contribution in [0, 0.1) is 13.8 Å². The van der Waals surface area contributed by atoms with Gasteiger partial charge < -0.3 is 5.32 Å². The van der Waals surface area contributed by atoms with Crippen molar-refractivity contribution in [1.82, 2.24) is 10.2 Å². The first-order valence-corrected chi connectivity index (χ1v) is 8.50. The summed E-state index contributed by atoms with van der Waals surface area (Å²) in [5, 5.41) is 5.67. The quantitative estimate of drug-likeness (QED) is 0.932. The van der Waals surface area contributed by atoms with E-state index >= 15 is 0 Å². The number of hydrogen-bond donors (Lipinski definition) is 1. The van der Waals surface area contributed by atoms with Gasteiger partial charge in [-0.1, -0.05) is 0 Å². The molecule has 2 nitrogen and oxygen atoms in total. The van der Waals surface area contributed by atoms with Crippen LogP contribution in [0.15, 0.2) is 23.6 Å². The van der Waals surface area contributed by atoms with E-state index in [4.69, 9.17) is 0 Å². The van der Waals surface area contributed by atoms with E-state index in [0.717, 1.165) is 26.2 Å². The van der Waals surface area contributed by atoms with Gasteiger partial charge in [-0.3, -0.25) is 4.90 Å². The average Bonchev–Trinajstić information content (AvgIpc) is 3.02. The summed E-state index contributed by atoms with van der Waals surface area (Å²) in [5.74, 6) is 0. The normalized spacial score (nSPS) is 18.6. The molecule has 19 heavy (non-hydrogen) atoms. The van der Waals surface area contributed by atoms with Gasteiger partial charge in [0.15, 0.2) is 0 Å². The van der Waals surface area contributed by atoms with Gasteiger partial charge in [0.2, 0.25) is 0 Å². The number of aryl methyl sites for hydroxylation is 2. The maximum Gasteiger partial charge on any atom is 0.0793 e. The molecular weight excluding hydrogens is 272 g/mol. The second-order valence-electron chi connectivity index (χ2n) is 5.10. The van der Waals surface area contributed by atoms with Crippen molar-refractivity contribution in [2.45, 2.75) is 19.9 Å². The smallest absolute Gasteiger partial charge is 0.0793 e. The van der Waals surface area contributed by atoms with Gasteiger partial charge in [-0.2, -0.15) is 0 Å². The summed E-state index contributed by atoms with van der Waals surface area (Å²) in [6.45, 7) is 8.92. The van der Waals surface area contributed by atoms with Gasteiger partial charge in [0.1, 0.15) is 0 Å². The van der Waals surface area contributed by atoms with E-state index in [1.54, 1.807) is 0 Å². The highest BCUT2D eigenvalue weighted by molar-refractivity contribution is 7.13. The van der Waals surface area contributed by atoms with Crippen LogP contribution in [-0.2, 0) is 0 Å². The fourth-order valence-electron chi connectivity index (χ4n) is 2.68. The maximum absolute atomic E-state index is 3.45. The van der Waals surface area contributed by atoms with Crippen LogP contribution in [0.5, 0.6) is 0 Å². The molecule has 0 bridgehead atoms. The Bertz CT molecular complexity index is 538. The van der Waals surface area contributed by atoms with Crippen molar-refractivity contribution in [1.29, 1.82) is 0 Å². The molecule has 0 saturated carbocycles. The molecule has 2 aromatic heterocycles. The molecule has 3 heterocycles. The van der Waals surface area contributed by atoms with Crippen LogP contribution in [0.1, 0.15) is 26.2 Å². The fraction of sp³-hybridized carbons (Fsp3) is 0.467. The zero-order valence-corrected chi connectivity index (χ0v) is 13.1. The average molecular weight is 292 g/mol. The van der Waals surface area contributed by atoms with Crippen molar-refractivity contribution in [3.8, 4) is 0 Å². The number of thiophene rings is 2. The lowest BCUT2D eigenvalue weighted by atomic mass is 10.1. The van der Waals surface area contributed by atoms with Gasteiger partial charge in [-0.25, -0.2) is 0 Å². The van der Waals surface area contributed by atoms with Gasteiger partial charge in [0, 0.05) is 40.8 Å². The molecule has 0 aliphatic carbocycles. The predicted molar refractivity (Wildman–Crippen MR) is 84.4 cm³/mol. The Balaban J connectivity index is 1.97. The minimum Gasteiger partial charge on any atom is -0.314 e. The minimum absolute atomic E-state index is 0.459. The summed E-state index contributed by atoms with van der Waals surface area (Å²) < 4.78 is 0. The van der Waals surface area contributed by atoms with Crippen LogP contribution in [0.4, 0.5) is 0 Å². The summed E-state index contributed by atoms with van der Waals surface area (Å²) in [7, 11) is 0. The van der Waals surface area contributed by atoms with Gasteiger partial charge in [-0.15, -0.1) is 22.7 Å². The van der Waals surface area contributed by atoms with Crippen LogP contribution in [0.25, 0.3) is 0 Å². The molecule has 0 radical (unpaired) electrons. The molecule has 102 valence electrons. The molecule has 2 aromatic rings. The zero-order chi connectivity index (χ0) is 13.2. The van der Waals surface area contributed by atoms with Crippen molar-refractivity contribution in [2.24, 2.45) is 0 Å². The summed E-state index contributed by atoms with van der Waals surface area (Å²) >= 11 is 3.84. The van der Waals surface area contributed by atoms with Crippen LogP contribution >= 0.6 is 22.7 Å². The number of nitrogens with one attached hydrogen (secondary N) is 1. The Kier molecular flexibility index (Phi) is 4.03. The third-order valence-electron chi connectivity index (χ3n) is 3.70. The number of piperazine rings is 1. The Hall–Kier alpha value is -0.680.